The minimum atomic E-state index is -0.172. The molecular formula is C12H9Cl2N3O. The molecule has 0 radical (unpaired) electrons. The summed E-state index contributed by atoms with van der Waals surface area (Å²) < 4.78 is 0. The van der Waals surface area contributed by atoms with Crippen LogP contribution in [0.15, 0.2) is 36.4 Å². The molecule has 2 rings (SSSR count). The van der Waals surface area contributed by atoms with Crippen LogP contribution in [0.4, 0.5) is 5.82 Å². The second-order valence-electron chi connectivity index (χ2n) is 3.59. The molecule has 0 spiro atoms. The fraction of sp³-hybridized carbons (Fsp3) is 0.0833. The SMILES string of the molecule is O=C(Cc1ccc(Cl)cc1)Nc1ccc(Cl)nn1. The van der Waals surface area contributed by atoms with E-state index in [4.69, 9.17) is 23.2 Å². The number of hydrogen-bond acceptors (Lipinski definition) is 3. The topological polar surface area (TPSA) is 54.9 Å². The summed E-state index contributed by atoms with van der Waals surface area (Å²) in [5, 5.41) is 10.9. The van der Waals surface area contributed by atoms with Crippen molar-refractivity contribution in [1.29, 1.82) is 0 Å². The number of rotatable bonds is 3. The van der Waals surface area contributed by atoms with E-state index >= 15 is 0 Å². The highest BCUT2D eigenvalue weighted by atomic mass is 35.5. The highest BCUT2D eigenvalue weighted by Crippen LogP contribution is 2.11. The number of halogens is 2. The number of benzene rings is 1. The molecule has 1 aromatic carbocycles. The van der Waals surface area contributed by atoms with E-state index in [0.29, 0.717) is 10.8 Å². The van der Waals surface area contributed by atoms with Gasteiger partial charge in [0.15, 0.2) is 11.0 Å². The van der Waals surface area contributed by atoms with Crippen LogP contribution in [0.5, 0.6) is 0 Å². The van der Waals surface area contributed by atoms with Gasteiger partial charge in [-0.25, -0.2) is 0 Å². The first-order chi connectivity index (χ1) is 8.63. The van der Waals surface area contributed by atoms with Crippen molar-refractivity contribution in [3.63, 3.8) is 0 Å². The summed E-state index contributed by atoms with van der Waals surface area (Å²) in [5.74, 6) is 0.201. The lowest BCUT2D eigenvalue weighted by atomic mass is 10.1. The summed E-state index contributed by atoms with van der Waals surface area (Å²) in [4.78, 5) is 11.7. The van der Waals surface area contributed by atoms with Crippen LogP contribution in [0.3, 0.4) is 0 Å². The van der Waals surface area contributed by atoms with Gasteiger partial charge in [0.2, 0.25) is 5.91 Å². The molecule has 0 fully saturated rings. The van der Waals surface area contributed by atoms with Crippen molar-refractivity contribution in [3.8, 4) is 0 Å². The van der Waals surface area contributed by atoms with E-state index < -0.39 is 0 Å². The smallest absolute Gasteiger partial charge is 0.229 e. The predicted octanol–water partition coefficient (Wildman–Crippen LogP) is 2.96. The highest BCUT2D eigenvalue weighted by Gasteiger charge is 2.05. The third-order valence-corrected chi connectivity index (χ3v) is 2.63. The van der Waals surface area contributed by atoms with E-state index in [1.165, 1.54) is 0 Å². The normalized spacial score (nSPS) is 10.1. The zero-order valence-corrected chi connectivity index (χ0v) is 10.7. The largest absolute Gasteiger partial charge is 0.309 e. The number of amides is 1. The summed E-state index contributed by atoms with van der Waals surface area (Å²) in [5.41, 5.74) is 0.874. The van der Waals surface area contributed by atoms with E-state index in [1.807, 2.05) is 0 Å². The van der Waals surface area contributed by atoms with Crippen molar-refractivity contribution in [3.05, 3.63) is 52.1 Å². The second-order valence-corrected chi connectivity index (χ2v) is 4.42. The molecule has 0 aliphatic heterocycles. The van der Waals surface area contributed by atoms with E-state index in [0.717, 1.165) is 5.56 Å². The van der Waals surface area contributed by atoms with Crippen LogP contribution in [0, 0.1) is 0 Å². The Morgan fingerprint density at radius 2 is 1.78 bits per heavy atom. The van der Waals surface area contributed by atoms with Crippen LogP contribution in [0.2, 0.25) is 10.2 Å². The minimum absolute atomic E-state index is 0.172. The summed E-state index contributed by atoms with van der Waals surface area (Å²) in [6.07, 6.45) is 0.251. The molecule has 2 aromatic rings. The highest BCUT2D eigenvalue weighted by molar-refractivity contribution is 6.30. The van der Waals surface area contributed by atoms with Gasteiger partial charge in [-0.1, -0.05) is 35.3 Å². The maximum atomic E-state index is 11.7. The lowest BCUT2D eigenvalue weighted by Gasteiger charge is -2.03. The molecule has 18 heavy (non-hydrogen) atoms. The van der Waals surface area contributed by atoms with Crippen molar-refractivity contribution in [2.45, 2.75) is 6.42 Å². The number of anilines is 1. The quantitative estimate of drug-likeness (QED) is 0.941. The van der Waals surface area contributed by atoms with Crippen molar-refractivity contribution in [1.82, 2.24) is 10.2 Å². The molecule has 0 saturated carbocycles. The van der Waals surface area contributed by atoms with E-state index in [9.17, 15) is 4.79 Å². The van der Waals surface area contributed by atoms with Crippen LogP contribution in [0.25, 0.3) is 0 Å². The Morgan fingerprint density at radius 3 is 2.39 bits per heavy atom. The Bertz CT molecular complexity index is 491. The van der Waals surface area contributed by atoms with E-state index in [1.54, 1.807) is 36.4 Å². The monoisotopic (exact) mass is 281 g/mol. The van der Waals surface area contributed by atoms with Gasteiger partial charge < -0.3 is 5.32 Å². The molecule has 1 N–H and O–H groups in total. The summed E-state index contributed by atoms with van der Waals surface area (Å²) in [6.45, 7) is 0. The lowest BCUT2D eigenvalue weighted by Crippen LogP contribution is -2.15. The molecule has 1 heterocycles. The van der Waals surface area contributed by atoms with E-state index in [2.05, 4.69) is 15.5 Å². The number of aromatic nitrogens is 2. The maximum Gasteiger partial charge on any atom is 0.229 e. The molecular weight excluding hydrogens is 273 g/mol. The van der Waals surface area contributed by atoms with Crippen molar-refractivity contribution in [2.75, 3.05) is 5.32 Å². The number of carbonyl (C=O) groups is 1. The molecule has 0 saturated heterocycles. The molecule has 4 nitrogen and oxygen atoms in total. The van der Waals surface area contributed by atoms with Crippen molar-refractivity contribution in [2.24, 2.45) is 0 Å². The third-order valence-electron chi connectivity index (χ3n) is 2.18. The Labute approximate surface area is 114 Å². The molecule has 1 aromatic heterocycles. The van der Waals surface area contributed by atoms with Gasteiger partial charge >= 0.3 is 0 Å². The lowest BCUT2D eigenvalue weighted by molar-refractivity contribution is -0.115. The standard InChI is InChI=1S/C12H9Cl2N3O/c13-9-3-1-8(2-4-9)7-12(18)15-11-6-5-10(14)16-17-11/h1-6H,7H2,(H,15,17,18). The van der Waals surface area contributed by atoms with Gasteiger partial charge in [0.05, 0.1) is 6.42 Å². The first kappa shape index (κ1) is 12.8. The number of nitrogens with zero attached hydrogens (tertiary/aromatic N) is 2. The first-order valence-corrected chi connectivity index (χ1v) is 5.92. The molecule has 92 valence electrons. The molecule has 0 atom stereocenters. The van der Waals surface area contributed by atoms with Gasteiger partial charge in [-0.05, 0) is 29.8 Å². The molecule has 0 bridgehead atoms. The summed E-state index contributed by atoms with van der Waals surface area (Å²) in [7, 11) is 0. The molecule has 0 aliphatic rings. The Kier molecular flexibility index (Phi) is 4.12. The maximum absolute atomic E-state index is 11.7. The van der Waals surface area contributed by atoms with Gasteiger partial charge in [0, 0.05) is 5.02 Å². The molecule has 6 heteroatoms. The van der Waals surface area contributed by atoms with Gasteiger partial charge in [0.25, 0.3) is 0 Å². The van der Waals surface area contributed by atoms with Crippen LogP contribution < -0.4 is 5.32 Å². The number of hydrogen-bond donors (Lipinski definition) is 1. The fourth-order valence-corrected chi connectivity index (χ4v) is 1.58. The Hall–Kier alpha value is -1.65. The van der Waals surface area contributed by atoms with Crippen LogP contribution in [0.1, 0.15) is 5.56 Å². The van der Waals surface area contributed by atoms with Crippen LogP contribution >= 0.6 is 23.2 Å². The van der Waals surface area contributed by atoms with Gasteiger partial charge in [-0.3, -0.25) is 4.79 Å². The zero-order valence-electron chi connectivity index (χ0n) is 9.23. The Morgan fingerprint density at radius 1 is 1.06 bits per heavy atom. The fourth-order valence-electron chi connectivity index (χ4n) is 1.36. The second kappa shape index (κ2) is 5.80. The third kappa shape index (κ3) is 3.68. The van der Waals surface area contributed by atoms with Crippen molar-refractivity contribution >= 4 is 34.9 Å². The molecule has 0 unspecified atom stereocenters. The minimum Gasteiger partial charge on any atom is -0.309 e. The van der Waals surface area contributed by atoms with Crippen molar-refractivity contribution < 1.29 is 4.79 Å². The van der Waals surface area contributed by atoms with Gasteiger partial charge in [-0.2, -0.15) is 0 Å². The van der Waals surface area contributed by atoms with E-state index in [-0.39, 0.29) is 17.5 Å². The number of nitrogens with one attached hydrogen (secondary N) is 1. The summed E-state index contributed by atoms with van der Waals surface area (Å²) in [6, 6.07) is 10.2. The average molecular weight is 282 g/mol. The first-order valence-electron chi connectivity index (χ1n) is 5.17. The average Bonchev–Trinajstić information content (AvgIpc) is 2.35. The predicted molar refractivity (Wildman–Crippen MR) is 70.8 cm³/mol. The zero-order chi connectivity index (χ0) is 13.0. The van der Waals surface area contributed by atoms with Crippen LogP contribution in [-0.4, -0.2) is 16.1 Å². The Balaban J connectivity index is 1.96. The summed E-state index contributed by atoms with van der Waals surface area (Å²) >= 11 is 11.4. The van der Waals surface area contributed by atoms with Gasteiger partial charge in [-0.15, -0.1) is 10.2 Å². The number of carbonyl (C=O) groups excluding carboxylic acids is 1. The molecule has 0 aliphatic carbocycles. The van der Waals surface area contributed by atoms with Crippen LogP contribution in [-0.2, 0) is 11.2 Å². The molecule has 1 amide bonds. The van der Waals surface area contributed by atoms with Gasteiger partial charge in [0.1, 0.15) is 0 Å².